The minimum absolute atomic E-state index is 0.0389. The van der Waals surface area contributed by atoms with Gasteiger partial charge in [0, 0.05) is 42.1 Å². The number of pyridine rings is 1. The zero-order valence-corrected chi connectivity index (χ0v) is 23.9. The van der Waals surface area contributed by atoms with Gasteiger partial charge >= 0.3 is 6.09 Å². The van der Waals surface area contributed by atoms with Crippen molar-refractivity contribution in [2.45, 2.75) is 50.2 Å². The monoisotopic (exact) mass is 576 g/mol. The van der Waals surface area contributed by atoms with Crippen molar-refractivity contribution in [2.75, 3.05) is 22.7 Å². The maximum absolute atomic E-state index is 12.7. The maximum Gasteiger partial charge on any atom is 0.407 e. The van der Waals surface area contributed by atoms with Gasteiger partial charge in [-0.25, -0.2) is 18.2 Å². The number of ether oxygens (including phenoxy) is 1. The van der Waals surface area contributed by atoms with Gasteiger partial charge in [0.05, 0.1) is 4.90 Å². The fourth-order valence-corrected chi connectivity index (χ4v) is 5.52. The number of sulfonamides is 1. The largest absolute Gasteiger partial charge is 0.444 e. The van der Waals surface area contributed by atoms with Crippen molar-refractivity contribution in [3.05, 3.63) is 72.9 Å². The van der Waals surface area contributed by atoms with Crippen LogP contribution in [0, 0.1) is 0 Å². The zero-order chi connectivity index (χ0) is 29.0. The van der Waals surface area contributed by atoms with Crippen molar-refractivity contribution < 1.29 is 22.5 Å². The lowest BCUT2D eigenvalue weighted by atomic mass is 10.1. The number of piperidine rings is 1. The van der Waals surface area contributed by atoms with E-state index in [0.717, 1.165) is 37.3 Å². The van der Waals surface area contributed by atoms with E-state index >= 15 is 0 Å². The molecule has 0 bridgehead atoms. The summed E-state index contributed by atoms with van der Waals surface area (Å²) in [6, 6.07) is 18.7. The Morgan fingerprint density at radius 1 is 1.00 bits per heavy atom. The van der Waals surface area contributed by atoms with E-state index in [0.29, 0.717) is 17.1 Å². The molecule has 214 valence electrons. The highest BCUT2D eigenvalue weighted by Gasteiger charge is 2.25. The molecule has 41 heavy (non-hydrogen) atoms. The molecule has 2 aromatic carbocycles. The van der Waals surface area contributed by atoms with Crippen molar-refractivity contribution in [3.63, 3.8) is 0 Å². The SMILES string of the molecule is CC(C)(C)OC(=O)NC1CCN(c2cc(-c3noc(-c4cccc(NS(=O)(=O)c5ccccc5)c4)n3)ccn2)CC1. The lowest BCUT2D eigenvalue weighted by Crippen LogP contribution is -2.46. The summed E-state index contributed by atoms with van der Waals surface area (Å²) >= 11 is 0. The number of benzene rings is 2. The number of rotatable bonds is 7. The summed E-state index contributed by atoms with van der Waals surface area (Å²) in [7, 11) is -3.74. The predicted molar refractivity (Wildman–Crippen MR) is 155 cm³/mol. The third-order valence-electron chi connectivity index (χ3n) is 6.38. The predicted octanol–water partition coefficient (Wildman–Crippen LogP) is 5.09. The van der Waals surface area contributed by atoms with Crippen molar-refractivity contribution in [2.24, 2.45) is 0 Å². The van der Waals surface area contributed by atoms with Gasteiger partial charge in [-0.15, -0.1) is 0 Å². The summed E-state index contributed by atoms with van der Waals surface area (Å²) in [5, 5.41) is 7.09. The van der Waals surface area contributed by atoms with Crippen molar-refractivity contribution in [1.29, 1.82) is 0 Å². The minimum atomic E-state index is -3.74. The Labute approximate surface area is 239 Å². The van der Waals surface area contributed by atoms with E-state index < -0.39 is 21.7 Å². The Bertz CT molecular complexity index is 1610. The summed E-state index contributed by atoms with van der Waals surface area (Å²) in [6.45, 7) is 6.97. The first kappa shape index (κ1) is 28.1. The number of alkyl carbamates (subject to hydrolysis) is 1. The summed E-state index contributed by atoms with van der Waals surface area (Å²) in [6.07, 6.45) is 2.83. The average molecular weight is 577 g/mol. The van der Waals surface area contributed by atoms with Crippen molar-refractivity contribution >= 4 is 27.6 Å². The van der Waals surface area contributed by atoms with Crippen LogP contribution in [0.3, 0.4) is 0 Å². The van der Waals surface area contributed by atoms with Gasteiger partial charge in [-0.3, -0.25) is 4.72 Å². The molecule has 11 nitrogen and oxygen atoms in total. The van der Waals surface area contributed by atoms with Crippen LogP contribution in [0.4, 0.5) is 16.3 Å². The smallest absolute Gasteiger partial charge is 0.407 e. The van der Waals surface area contributed by atoms with Crippen LogP contribution < -0.4 is 14.9 Å². The molecule has 3 heterocycles. The third kappa shape index (κ3) is 7.20. The lowest BCUT2D eigenvalue weighted by Gasteiger charge is -2.33. The van der Waals surface area contributed by atoms with Crippen LogP contribution in [0.15, 0.2) is 82.3 Å². The van der Waals surface area contributed by atoms with Crippen LogP contribution in [-0.2, 0) is 14.8 Å². The van der Waals surface area contributed by atoms with Crippen LogP contribution in [-0.4, -0.2) is 54.4 Å². The molecule has 1 amide bonds. The van der Waals surface area contributed by atoms with Crippen molar-refractivity contribution in [3.8, 4) is 22.8 Å². The molecule has 0 spiro atoms. The molecule has 2 aromatic heterocycles. The highest BCUT2D eigenvalue weighted by atomic mass is 32.2. The zero-order valence-electron chi connectivity index (χ0n) is 23.1. The molecule has 5 rings (SSSR count). The van der Waals surface area contributed by atoms with Crippen LogP contribution in [0.2, 0.25) is 0 Å². The summed E-state index contributed by atoms with van der Waals surface area (Å²) < 4.78 is 38.9. The van der Waals surface area contributed by atoms with Crippen LogP contribution in [0.1, 0.15) is 33.6 Å². The van der Waals surface area contributed by atoms with Gasteiger partial charge in [-0.05, 0) is 76.1 Å². The molecular weight excluding hydrogens is 544 g/mol. The van der Waals surface area contributed by atoms with Gasteiger partial charge in [0.2, 0.25) is 5.82 Å². The first-order valence-corrected chi connectivity index (χ1v) is 14.8. The van der Waals surface area contributed by atoms with Crippen molar-refractivity contribution in [1.82, 2.24) is 20.4 Å². The van der Waals surface area contributed by atoms with E-state index in [9.17, 15) is 13.2 Å². The summed E-state index contributed by atoms with van der Waals surface area (Å²) in [4.78, 5) is 23.5. The number of nitrogens with one attached hydrogen (secondary N) is 2. The quantitative estimate of drug-likeness (QED) is 0.308. The molecule has 1 aliphatic heterocycles. The molecule has 12 heteroatoms. The first-order chi connectivity index (χ1) is 19.6. The second-order valence-electron chi connectivity index (χ2n) is 10.7. The Morgan fingerprint density at radius 2 is 1.76 bits per heavy atom. The second kappa shape index (κ2) is 11.6. The normalized spacial score (nSPS) is 14.5. The number of nitrogens with zero attached hydrogens (tertiary/aromatic N) is 4. The van der Waals surface area contributed by atoms with E-state index in [1.807, 2.05) is 26.8 Å². The molecule has 0 aliphatic carbocycles. The first-order valence-electron chi connectivity index (χ1n) is 13.3. The Kier molecular flexibility index (Phi) is 7.93. The lowest BCUT2D eigenvalue weighted by molar-refractivity contribution is 0.0497. The van der Waals surface area contributed by atoms with E-state index in [-0.39, 0.29) is 16.8 Å². The van der Waals surface area contributed by atoms with Crippen LogP contribution in [0.5, 0.6) is 0 Å². The highest BCUT2D eigenvalue weighted by Crippen LogP contribution is 2.28. The molecule has 4 aromatic rings. The number of hydrogen-bond acceptors (Lipinski definition) is 9. The second-order valence-corrected chi connectivity index (χ2v) is 12.4. The third-order valence-corrected chi connectivity index (χ3v) is 7.78. The van der Waals surface area contributed by atoms with Gasteiger partial charge in [-0.1, -0.05) is 29.4 Å². The molecule has 1 saturated heterocycles. The van der Waals surface area contributed by atoms with Gasteiger partial charge < -0.3 is 19.5 Å². The van der Waals surface area contributed by atoms with Crippen LogP contribution in [0.25, 0.3) is 22.8 Å². The minimum Gasteiger partial charge on any atom is -0.444 e. The number of hydrogen-bond donors (Lipinski definition) is 2. The van der Waals surface area contributed by atoms with E-state index in [4.69, 9.17) is 9.26 Å². The Hall–Kier alpha value is -4.45. The molecule has 0 radical (unpaired) electrons. The summed E-state index contributed by atoms with van der Waals surface area (Å²) in [5.41, 5.74) is 1.15. The van der Waals surface area contributed by atoms with E-state index in [1.54, 1.807) is 54.7 Å². The Morgan fingerprint density at radius 3 is 2.49 bits per heavy atom. The molecule has 2 N–H and O–H groups in total. The molecule has 0 atom stereocenters. The van der Waals surface area contributed by atoms with Gasteiger partial charge in [0.25, 0.3) is 15.9 Å². The number of anilines is 2. The number of carbonyl (C=O) groups is 1. The van der Waals surface area contributed by atoms with Gasteiger partial charge in [0.1, 0.15) is 11.4 Å². The van der Waals surface area contributed by atoms with Gasteiger partial charge in [-0.2, -0.15) is 4.98 Å². The molecule has 0 saturated carbocycles. The van der Waals surface area contributed by atoms with Crippen LogP contribution >= 0.6 is 0 Å². The topological polar surface area (TPSA) is 140 Å². The fraction of sp³-hybridized carbons (Fsp3) is 0.310. The van der Waals surface area contributed by atoms with Gasteiger partial charge in [0.15, 0.2) is 0 Å². The molecule has 1 aliphatic rings. The average Bonchev–Trinajstić information content (AvgIpc) is 3.44. The standard InChI is InChI=1S/C29H32N6O5S/c1-29(2,3)39-28(36)31-22-13-16-35(17-14-22)25-19-20(12-15-30-25)26-32-27(40-33-26)21-8-7-9-23(18-21)34-41(37,38)24-10-5-4-6-11-24/h4-12,15,18-19,22,34H,13-14,16-17H2,1-3H3,(H,31,36). The molecule has 1 fully saturated rings. The number of carbonyl (C=O) groups excluding carboxylic acids is 1. The van der Waals surface area contributed by atoms with E-state index in [2.05, 4.69) is 30.1 Å². The number of aromatic nitrogens is 3. The number of amides is 1. The maximum atomic E-state index is 12.7. The highest BCUT2D eigenvalue weighted by molar-refractivity contribution is 7.92. The molecule has 0 unspecified atom stereocenters. The molecular formula is C29H32N6O5S. The fourth-order valence-electron chi connectivity index (χ4n) is 4.44. The Balaban J connectivity index is 1.24. The summed E-state index contributed by atoms with van der Waals surface area (Å²) in [5.74, 6) is 1.43. The van der Waals surface area contributed by atoms with E-state index in [1.165, 1.54) is 12.1 Å².